The van der Waals surface area contributed by atoms with Crippen LogP contribution in [0.3, 0.4) is 0 Å². The Bertz CT molecular complexity index is 502. The van der Waals surface area contributed by atoms with Gasteiger partial charge in [0.2, 0.25) is 0 Å². The van der Waals surface area contributed by atoms with Crippen molar-refractivity contribution in [1.29, 1.82) is 0 Å². The molecule has 0 aliphatic rings. The Kier molecular flexibility index (Phi) is 3.32. The average Bonchev–Trinajstić information content (AvgIpc) is 2.68. The van der Waals surface area contributed by atoms with E-state index in [4.69, 9.17) is 5.73 Å². The van der Waals surface area contributed by atoms with E-state index in [0.29, 0.717) is 0 Å². The zero-order valence-electron chi connectivity index (χ0n) is 10.3. The normalized spacial score (nSPS) is 10.5. The second-order valence-corrected chi connectivity index (χ2v) is 4.23. The number of aromatic nitrogens is 2. The summed E-state index contributed by atoms with van der Waals surface area (Å²) in [6.45, 7) is 2.93. The molecular weight excluding hydrogens is 212 g/mol. The number of rotatable bonds is 4. The summed E-state index contributed by atoms with van der Waals surface area (Å²) in [5, 5.41) is 7.73. The van der Waals surface area contributed by atoms with Crippen molar-refractivity contribution in [2.24, 2.45) is 7.05 Å². The number of hydrogen-bond donors (Lipinski definition) is 2. The van der Waals surface area contributed by atoms with Crippen LogP contribution in [0.4, 0.5) is 11.4 Å². The molecule has 0 saturated heterocycles. The minimum atomic E-state index is 0.803. The molecular formula is C13H18N4. The highest BCUT2D eigenvalue weighted by Gasteiger charge is 1.99. The van der Waals surface area contributed by atoms with Crippen LogP contribution in [0.15, 0.2) is 30.5 Å². The summed E-state index contributed by atoms with van der Waals surface area (Å²) < 4.78 is 1.82. The van der Waals surface area contributed by atoms with Gasteiger partial charge in [-0.05, 0) is 36.8 Å². The number of nitrogens with one attached hydrogen (secondary N) is 1. The molecule has 0 aliphatic carbocycles. The molecule has 1 aromatic heterocycles. The lowest BCUT2D eigenvalue weighted by Gasteiger charge is -2.09. The van der Waals surface area contributed by atoms with Gasteiger partial charge in [-0.25, -0.2) is 0 Å². The van der Waals surface area contributed by atoms with Crippen molar-refractivity contribution < 1.29 is 0 Å². The Morgan fingerprint density at radius 1 is 1.35 bits per heavy atom. The summed E-state index contributed by atoms with van der Waals surface area (Å²) in [5.74, 6) is 0. The first-order chi connectivity index (χ1) is 8.15. The first-order valence-electron chi connectivity index (χ1n) is 5.73. The number of aryl methyl sites for hydroxylation is 2. The van der Waals surface area contributed by atoms with Crippen LogP contribution in [0.1, 0.15) is 11.3 Å². The van der Waals surface area contributed by atoms with Gasteiger partial charge in [0.15, 0.2) is 0 Å². The molecule has 2 aromatic rings. The molecule has 3 N–H and O–H groups in total. The van der Waals surface area contributed by atoms with E-state index in [1.165, 1.54) is 5.56 Å². The molecule has 17 heavy (non-hydrogen) atoms. The average molecular weight is 230 g/mol. The summed E-state index contributed by atoms with van der Waals surface area (Å²) in [7, 11) is 1.93. The van der Waals surface area contributed by atoms with Crippen LogP contribution in [0, 0.1) is 6.92 Å². The Hall–Kier alpha value is -1.97. The van der Waals surface area contributed by atoms with Gasteiger partial charge in [-0.15, -0.1) is 0 Å². The molecule has 0 amide bonds. The van der Waals surface area contributed by atoms with E-state index in [2.05, 4.69) is 17.3 Å². The third kappa shape index (κ3) is 3.00. The van der Waals surface area contributed by atoms with Crippen molar-refractivity contribution in [2.75, 3.05) is 17.6 Å². The van der Waals surface area contributed by atoms with Crippen LogP contribution < -0.4 is 11.1 Å². The van der Waals surface area contributed by atoms with Gasteiger partial charge < -0.3 is 11.1 Å². The van der Waals surface area contributed by atoms with Gasteiger partial charge in [0, 0.05) is 37.6 Å². The molecule has 0 radical (unpaired) electrons. The van der Waals surface area contributed by atoms with Gasteiger partial charge in [0.1, 0.15) is 0 Å². The smallest absolute Gasteiger partial charge is 0.0642 e. The van der Waals surface area contributed by atoms with Gasteiger partial charge in [0.05, 0.1) is 5.69 Å². The van der Waals surface area contributed by atoms with Crippen molar-refractivity contribution in [3.63, 3.8) is 0 Å². The van der Waals surface area contributed by atoms with E-state index >= 15 is 0 Å². The maximum atomic E-state index is 5.71. The first kappa shape index (κ1) is 11.5. The quantitative estimate of drug-likeness (QED) is 0.789. The number of nitrogens with zero attached hydrogens (tertiary/aromatic N) is 2. The maximum Gasteiger partial charge on any atom is 0.0642 e. The third-order valence-electron chi connectivity index (χ3n) is 2.72. The van der Waals surface area contributed by atoms with E-state index in [1.54, 1.807) is 0 Å². The largest absolute Gasteiger partial charge is 0.399 e. The van der Waals surface area contributed by atoms with E-state index in [0.717, 1.165) is 30.0 Å². The molecule has 0 aliphatic heterocycles. The standard InChI is InChI=1S/C13H18N4/c1-10-9-11(14)3-4-13(10)15-7-5-12-6-8-17(2)16-12/h3-4,6,8-9,15H,5,7,14H2,1-2H3. The van der Waals surface area contributed by atoms with Crippen LogP contribution in [0.2, 0.25) is 0 Å². The summed E-state index contributed by atoms with van der Waals surface area (Å²) in [5.41, 5.74) is 9.92. The fourth-order valence-corrected chi connectivity index (χ4v) is 1.81. The lowest BCUT2D eigenvalue weighted by molar-refractivity contribution is 0.742. The molecule has 4 heteroatoms. The highest BCUT2D eigenvalue weighted by molar-refractivity contribution is 5.57. The van der Waals surface area contributed by atoms with Crippen molar-refractivity contribution in [3.05, 3.63) is 41.7 Å². The number of benzene rings is 1. The monoisotopic (exact) mass is 230 g/mol. The maximum absolute atomic E-state index is 5.71. The highest BCUT2D eigenvalue weighted by atomic mass is 15.2. The van der Waals surface area contributed by atoms with Gasteiger partial charge in [-0.1, -0.05) is 0 Å². The van der Waals surface area contributed by atoms with Crippen LogP contribution in [0.25, 0.3) is 0 Å². The zero-order valence-corrected chi connectivity index (χ0v) is 10.3. The van der Waals surface area contributed by atoms with Crippen LogP contribution in [-0.4, -0.2) is 16.3 Å². The number of nitrogens with two attached hydrogens (primary N) is 1. The molecule has 0 fully saturated rings. The topological polar surface area (TPSA) is 55.9 Å². The SMILES string of the molecule is Cc1cc(N)ccc1NCCc1ccn(C)n1. The second-order valence-electron chi connectivity index (χ2n) is 4.23. The summed E-state index contributed by atoms with van der Waals surface area (Å²) in [4.78, 5) is 0. The van der Waals surface area contributed by atoms with Crippen LogP contribution >= 0.6 is 0 Å². The van der Waals surface area contributed by atoms with E-state index in [9.17, 15) is 0 Å². The fraction of sp³-hybridized carbons (Fsp3) is 0.308. The minimum Gasteiger partial charge on any atom is -0.399 e. The zero-order chi connectivity index (χ0) is 12.3. The van der Waals surface area contributed by atoms with Crippen molar-refractivity contribution in [1.82, 2.24) is 9.78 Å². The first-order valence-corrected chi connectivity index (χ1v) is 5.73. The molecule has 2 rings (SSSR count). The predicted molar refractivity (Wildman–Crippen MR) is 71.0 cm³/mol. The Morgan fingerprint density at radius 2 is 2.18 bits per heavy atom. The molecule has 1 aromatic carbocycles. The Morgan fingerprint density at radius 3 is 2.82 bits per heavy atom. The highest BCUT2D eigenvalue weighted by Crippen LogP contribution is 2.17. The van der Waals surface area contributed by atoms with E-state index in [1.807, 2.05) is 42.2 Å². The van der Waals surface area contributed by atoms with Gasteiger partial charge in [-0.2, -0.15) is 5.10 Å². The lowest BCUT2D eigenvalue weighted by Crippen LogP contribution is -2.07. The van der Waals surface area contributed by atoms with Gasteiger partial charge in [0.25, 0.3) is 0 Å². The molecule has 0 bridgehead atoms. The molecule has 0 saturated carbocycles. The number of hydrogen-bond acceptors (Lipinski definition) is 3. The molecule has 0 unspecified atom stereocenters. The molecule has 0 spiro atoms. The third-order valence-corrected chi connectivity index (χ3v) is 2.72. The molecule has 0 atom stereocenters. The van der Waals surface area contributed by atoms with Crippen molar-refractivity contribution in [2.45, 2.75) is 13.3 Å². The molecule has 4 nitrogen and oxygen atoms in total. The van der Waals surface area contributed by atoms with Crippen molar-refractivity contribution in [3.8, 4) is 0 Å². The number of nitrogen functional groups attached to an aromatic ring is 1. The van der Waals surface area contributed by atoms with E-state index in [-0.39, 0.29) is 0 Å². The Balaban J connectivity index is 1.90. The fourth-order valence-electron chi connectivity index (χ4n) is 1.81. The predicted octanol–water partition coefficient (Wildman–Crippen LogP) is 1.97. The van der Waals surface area contributed by atoms with Crippen molar-refractivity contribution >= 4 is 11.4 Å². The molecule has 1 heterocycles. The van der Waals surface area contributed by atoms with Gasteiger partial charge in [-0.3, -0.25) is 4.68 Å². The second kappa shape index (κ2) is 4.91. The Labute approximate surface area is 101 Å². The van der Waals surface area contributed by atoms with Crippen LogP contribution in [0.5, 0.6) is 0 Å². The lowest BCUT2D eigenvalue weighted by atomic mass is 10.2. The number of anilines is 2. The summed E-state index contributed by atoms with van der Waals surface area (Å²) in [6.07, 6.45) is 2.88. The van der Waals surface area contributed by atoms with Crippen LogP contribution in [-0.2, 0) is 13.5 Å². The molecule has 90 valence electrons. The van der Waals surface area contributed by atoms with E-state index < -0.39 is 0 Å². The van der Waals surface area contributed by atoms with Gasteiger partial charge >= 0.3 is 0 Å². The summed E-state index contributed by atoms with van der Waals surface area (Å²) in [6, 6.07) is 7.94. The minimum absolute atomic E-state index is 0.803. The summed E-state index contributed by atoms with van der Waals surface area (Å²) >= 11 is 0.